The predicted octanol–water partition coefficient (Wildman–Crippen LogP) is 3.69. The number of rotatable bonds is 4. The number of benzene rings is 1. The number of fused-ring (bicyclic) bond motifs is 1. The van der Waals surface area contributed by atoms with E-state index in [1.54, 1.807) is 37.9 Å². The van der Waals surface area contributed by atoms with E-state index in [2.05, 4.69) is 36.8 Å². The first-order valence-corrected chi connectivity index (χ1v) is 10.5. The summed E-state index contributed by atoms with van der Waals surface area (Å²) in [5, 5.41) is 7.39. The van der Waals surface area contributed by atoms with Crippen molar-refractivity contribution >= 4 is 45.1 Å². The smallest absolute Gasteiger partial charge is 0.383 e. The Balaban J connectivity index is 1.94. The quantitative estimate of drug-likeness (QED) is 0.416. The molecule has 0 saturated carbocycles. The zero-order valence-corrected chi connectivity index (χ0v) is 19.3. The molecule has 31 heavy (non-hydrogen) atoms. The molecule has 0 aromatic heterocycles. The number of nitrogens with one attached hydrogen (secondary N) is 2. The zero-order chi connectivity index (χ0) is 23.1. The summed E-state index contributed by atoms with van der Waals surface area (Å²) in [5.41, 5.74) is 9.16. The first kappa shape index (κ1) is 23.4. The van der Waals surface area contributed by atoms with Gasteiger partial charge in [-0.05, 0) is 32.0 Å². The van der Waals surface area contributed by atoms with Gasteiger partial charge < -0.3 is 16.0 Å². The lowest BCUT2D eigenvalue weighted by molar-refractivity contribution is -0.132. The van der Waals surface area contributed by atoms with Crippen LogP contribution in [0.3, 0.4) is 0 Å². The number of halogens is 5. The van der Waals surface area contributed by atoms with Gasteiger partial charge in [0.25, 0.3) is 0 Å². The van der Waals surface area contributed by atoms with Gasteiger partial charge >= 0.3 is 6.18 Å². The number of carbonyl (C=O) groups excluding carboxylic acids is 1. The number of hydrogen-bond acceptors (Lipinski definition) is 6. The van der Waals surface area contributed by atoms with Crippen LogP contribution in [0.25, 0.3) is 0 Å². The fourth-order valence-electron chi connectivity index (χ4n) is 3.42. The van der Waals surface area contributed by atoms with Crippen molar-refractivity contribution in [2.45, 2.75) is 39.0 Å². The van der Waals surface area contributed by atoms with Crippen LogP contribution in [-0.2, 0) is 4.79 Å². The van der Waals surface area contributed by atoms with E-state index in [0.717, 1.165) is 0 Å². The summed E-state index contributed by atoms with van der Waals surface area (Å²) in [6, 6.07) is 4.77. The summed E-state index contributed by atoms with van der Waals surface area (Å²) < 4.78 is 39.2. The second-order valence-electron chi connectivity index (χ2n) is 7.76. The first-order valence-electron chi connectivity index (χ1n) is 9.28. The Morgan fingerprint density at radius 2 is 2.13 bits per heavy atom. The third-order valence-electron chi connectivity index (χ3n) is 5.18. The maximum atomic E-state index is 12.9. The van der Waals surface area contributed by atoms with E-state index in [4.69, 9.17) is 17.3 Å². The normalized spacial score (nSPS) is 21.1. The van der Waals surface area contributed by atoms with E-state index in [9.17, 15) is 18.0 Å². The van der Waals surface area contributed by atoms with Gasteiger partial charge in [0.15, 0.2) is 0 Å². The van der Waals surface area contributed by atoms with Crippen LogP contribution >= 0.6 is 27.5 Å². The molecule has 0 spiro atoms. The van der Waals surface area contributed by atoms with Crippen molar-refractivity contribution in [1.82, 2.24) is 15.6 Å². The molecular formula is C19H21BrClF3N6O. The van der Waals surface area contributed by atoms with Crippen LogP contribution in [0.2, 0.25) is 5.02 Å². The number of alkyl halides is 3. The molecule has 1 atom stereocenters. The number of hydrazone groups is 1. The number of carbonyl (C=O) groups is 1. The Morgan fingerprint density at radius 1 is 1.45 bits per heavy atom. The Kier molecular flexibility index (Phi) is 6.30. The monoisotopic (exact) mass is 520 g/mol. The minimum absolute atomic E-state index is 0.131. The molecule has 2 aliphatic heterocycles. The minimum atomic E-state index is -4.35. The molecule has 1 aromatic rings. The zero-order valence-electron chi connectivity index (χ0n) is 16.9. The Hall–Kier alpha value is -2.27. The van der Waals surface area contributed by atoms with Crippen LogP contribution in [-0.4, -0.2) is 41.9 Å². The molecule has 0 aliphatic carbocycles. The number of likely N-dealkylation sites (N-methyl/N-ethyl adjacent to an activating group) is 1. The Bertz CT molecular complexity index is 1000. The predicted molar refractivity (Wildman–Crippen MR) is 116 cm³/mol. The van der Waals surface area contributed by atoms with Crippen LogP contribution < -0.4 is 16.5 Å². The van der Waals surface area contributed by atoms with E-state index in [1.807, 2.05) is 0 Å². The van der Waals surface area contributed by atoms with E-state index in [0.29, 0.717) is 20.6 Å². The number of hydrogen-bond donors (Lipinski definition) is 3. The Morgan fingerprint density at radius 3 is 2.77 bits per heavy atom. The maximum Gasteiger partial charge on any atom is 0.389 e. The molecule has 1 aromatic carbocycles. The van der Waals surface area contributed by atoms with Crippen molar-refractivity contribution in [3.05, 3.63) is 44.7 Å². The largest absolute Gasteiger partial charge is 0.389 e. The van der Waals surface area contributed by atoms with E-state index in [1.165, 1.54) is 6.07 Å². The van der Waals surface area contributed by atoms with Crippen LogP contribution in [0.5, 0.6) is 0 Å². The number of nitrogens with zero attached hydrogens (tertiary/aromatic N) is 3. The SMILES string of the molecule is CN1C(N/N=C(\CCC(F)(F)F)c2cc(Cl)ccc2Br)=NC(N)=C2C1NC(=O)C2(C)C. The molecule has 168 valence electrons. The highest BCUT2D eigenvalue weighted by molar-refractivity contribution is 9.10. The van der Waals surface area contributed by atoms with Crippen molar-refractivity contribution < 1.29 is 18.0 Å². The van der Waals surface area contributed by atoms with Gasteiger partial charge in [0.1, 0.15) is 12.0 Å². The average molecular weight is 522 g/mol. The number of aliphatic imine (C=N–C) groups is 1. The van der Waals surface area contributed by atoms with Gasteiger partial charge in [0.05, 0.1) is 11.1 Å². The molecule has 2 heterocycles. The van der Waals surface area contributed by atoms with Gasteiger partial charge in [-0.15, -0.1) is 0 Å². The van der Waals surface area contributed by atoms with Gasteiger partial charge in [0.2, 0.25) is 11.9 Å². The summed E-state index contributed by atoms with van der Waals surface area (Å²) >= 11 is 9.36. The Labute approximate surface area is 190 Å². The van der Waals surface area contributed by atoms with Crippen molar-refractivity contribution in [1.29, 1.82) is 0 Å². The highest BCUT2D eigenvalue weighted by Crippen LogP contribution is 2.39. The molecule has 4 N–H and O–H groups in total. The first-order chi connectivity index (χ1) is 14.3. The fraction of sp³-hybridized carbons (Fsp3) is 0.421. The summed E-state index contributed by atoms with van der Waals surface area (Å²) in [7, 11) is 1.67. The molecule has 7 nitrogen and oxygen atoms in total. The maximum absolute atomic E-state index is 12.9. The second-order valence-corrected chi connectivity index (χ2v) is 9.05. The number of guanidine groups is 1. The molecule has 0 radical (unpaired) electrons. The van der Waals surface area contributed by atoms with Crippen molar-refractivity contribution in [2.75, 3.05) is 7.05 Å². The fourth-order valence-corrected chi connectivity index (χ4v) is 4.07. The molecule has 2 aliphatic rings. The van der Waals surface area contributed by atoms with E-state index >= 15 is 0 Å². The minimum Gasteiger partial charge on any atom is -0.383 e. The molecule has 3 rings (SSSR count). The van der Waals surface area contributed by atoms with E-state index < -0.39 is 24.2 Å². The molecule has 12 heteroatoms. The lowest BCUT2D eigenvalue weighted by atomic mass is 9.85. The highest BCUT2D eigenvalue weighted by Gasteiger charge is 2.49. The lowest BCUT2D eigenvalue weighted by Crippen LogP contribution is -2.51. The van der Waals surface area contributed by atoms with Crippen molar-refractivity contribution in [2.24, 2.45) is 21.2 Å². The van der Waals surface area contributed by atoms with Crippen LogP contribution in [0.4, 0.5) is 13.2 Å². The van der Waals surface area contributed by atoms with Crippen LogP contribution in [0, 0.1) is 5.41 Å². The summed E-state index contributed by atoms with van der Waals surface area (Å²) in [6.45, 7) is 3.49. The molecule has 1 amide bonds. The van der Waals surface area contributed by atoms with Crippen LogP contribution in [0.1, 0.15) is 32.3 Å². The molecule has 0 bridgehead atoms. The summed E-state index contributed by atoms with van der Waals surface area (Å²) in [6.07, 6.45) is -6.33. The average Bonchev–Trinajstić information content (AvgIpc) is 2.90. The lowest BCUT2D eigenvalue weighted by Gasteiger charge is -2.33. The van der Waals surface area contributed by atoms with E-state index in [-0.39, 0.29) is 29.8 Å². The van der Waals surface area contributed by atoms with Crippen molar-refractivity contribution in [3.63, 3.8) is 0 Å². The molecular weight excluding hydrogens is 501 g/mol. The number of amides is 1. The van der Waals surface area contributed by atoms with Gasteiger partial charge in [0, 0.05) is 40.5 Å². The van der Waals surface area contributed by atoms with Gasteiger partial charge in [-0.2, -0.15) is 23.3 Å². The third-order valence-corrected chi connectivity index (χ3v) is 6.11. The molecule has 1 unspecified atom stereocenters. The van der Waals surface area contributed by atoms with Gasteiger partial charge in [-0.1, -0.05) is 27.5 Å². The number of nitrogens with two attached hydrogens (primary N) is 1. The molecule has 1 fully saturated rings. The van der Waals surface area contributed by atoms with Gasteiger partial charge in [-0.25, -0.2) is 5.43 Å². The topological polar surface area (TPSA) is 95.1 Å². The second kappa shape index (κ2) is 8.34. The van der Waals surface area contributed by atoms with Crippen molar-refractivity contribution in [3.8, 4) is 0 Å². The highest BCUT2D eigenvalue weighted by atomic mass is 79.9. The van der Waals surface area contributed by atoms with Crippen LogP contribution in [0.15, 0.2) is 44.2 Å². The standard InChI is InChI=1S/C19H21BrClF3N6O/c1-18(2)13-14(25)26-17(30(3)15(13)27-16(18)31)29-28-12(6-7-19(22,23)24)10-8-9(21)4-5-11(10)20/h4-5,8,15H,6-7,25H2,1-3H3,(H,26,29)(H,27,31)/b28-12+. The summed E-state index contributed by atoms with van der Waals surface area (Å²) in [4.78, 5) is 18.2. The van der Waals surface area contributed by atoms with Gasteiger partial charge in [-0.3, -0.25) is 4.79 Å². The summed E-state index contributed by atoms with van der Waals surface area (Å²) in [5.74, 6) is 0.146. The molecule has 1 saturated heterocycles. The third kappa shape index (κ3) is 4.82.